The highest BCUT2D eigenvalue weighted by Gasteiger charge is 2.13. The second-order valence-corrected chi connectivity index (χ2v) is 7.88. The molecule has 4 bridgehead atoms. The molecule has 0 unspecified atom stereocenters. The highest BCUT2D eigenvalue weighted by Crippen LogP contribution is 2.36. The van der Waals surface area contributed by atoms with E-state index in [1.165, 1.54) is 48.3 Å². The molecule has 122 valence electrons. The van der Waals surface area contributed by atoms with Crippen LogP contribution in [0.5, 0.6) is 0 Å². The summed E-state index contributed by atoms with van der Waals surface area (Å²) in [5.74, 6) is 0. The van der Waals surface area contributed by atoms with Gasteiger partial charge in [-0.25, -0.2) is 0 Å². The van der Waals surface area contributed by atoms with Crippen LogP contribution in [-0.4, -0.2) is 0 Å². The zero-order chi connectivity index (χ0) is 16.8. The van der Waals surface area contributed by atoms with Crippen LogP contribution >= 0.6 is 15.9 Å². The molecule has 4 aliphatic carbocycles. The van der Waals surface area contributed by atoms with Gasteiger partial charge >= 0.3 is 0 Å². The summed E-state index contributed by atoms with van der Waals surface area (Å²) in [5.41, 5.74) is 5.78. The SMILES string of the molecule is Brc1cc2c3ccc(c2c2ccccc12)CCc1ccc(cc1)CC3. The van der Waals surface area contributed by atoms with Gasteiger partial charge in [-0.2, -0.15) is 0 Å². The first-order valence-corrected chi connectivity index (χ1v) is 9.78. The van der Waals surface area contributed by atoms with Gasteiger partial charge in [0.2, 0.25) is 0 Å². The molecule has 8 rings (SSSR count). The molecular formula is C24H19Br. The Morgan fingerprint density at radius 2 is 1.16 bits per heavy atom. The van der Waals surface area contributed by atoms with E-state index in [1.54, 1.807) is 0 Å². The first kappa shape index (κ1) is 15.2. The molecule has 4 aromatic rings. The molecule has 0 aliphatic heterocycles. The second kappa shape index (κ2) is 6.00. The van der Waals surface area contributed by atoms with E-state index in [0.29, 0.717) is 0 Å². The fourth-order valence-corrected chi connectivity index (χ4v) is 4.74. The van der Waals surface area contributed by atoms with Crippen molar-refractivity contribution in [1.29, 1.82) is 0 Å². The number of hydrogen-bond donors (Lipinski definition) is 0. The van der Waals surface area contributed by atoms with Gasteiger partial charge < -0.3 is 0 Å². The van der Waals surface area contributed by atoms with Gasteiger partial charge in [0.1, 0.15) is 0 Å². The summed E-state index contributed by atoms with van der Waals surface area (Å²) < 4.78 is 1.20. The molecule has 0 radical (unpaired) electrons. The summed E-state index contributed by atoms with van der Waals surface area (Å²) in [6, 6.07) is 25.1. The predicted molar refractivity (Wildman–Crippen MR) is 110 cm³/mol. The topological polar surface area (TPSA) is 0 Å². The van der Waals surface area contributed by atoms with Crippen LogP contribution in [0.25, 0.3) is 21.5 Å². The summed E-state index contributed by atoms with van der Waals surface area (Å²) >= 11 is 3.81. The maximum absolute atomic E-state index is 3.81. The van der Waals surface area contributed by atoms with Gasteiger partial charge in [0.25, 0.3) is 0 Å². The summed E-state index contributed by atoms with van der Waals surface area (Å²) in [4.78, 5) is 0. The third kappa shape index (κ3) is 2.58. The van der Waals surface area contributed by atoms with Gasteiger partial charge in [-0.1, -0.05) is 76.6 Å². The molecular weight excluding hydrogens is 368 g/mol. The van der Waals surface area contributed by atoms with Crippen molar-refractivity contribution in [2.75, 3.05) is 0 Å². The predicted octanol–water partition coefficient (Wildman–Crippen LogP) is 6.64. The van der Waals surface area contributed by atoms with Gasteiger partial charge in [-0.05, 0) is 75.5 Å². The van der Waals surface area contributed by atoms with E-state index in [0.717, 1.165) is 25.7 Å². The van der Waals surface area contributed by atoms with Gasteiger partial charge in [0, 0.05) is 4.47 Å². The Morgan fingerprint density at radius 3 is 1.88 bits per heavy atom. The standard InChI is InChI=1S/C24H19Br/c25-23-15-22-18-11-9-16-5-7-17(8-6-16)10-12-19(14-13-18)24(22)21-4-2-1-3-20(21)23/h1-8,13-15H,9-12H2. The van der Waals surface area contributed by atoms with E-state index in [-0.39, 0.29) is 0 Å². The van der Waals surface area contributed by atoms with Crippen LogP contribution in [0.3, 0.4) is 0 Å². The van der Waals surface area contributed by atoms with Gasteiger partial charge in [0.05, 0.1) is 0 Å². The molecule has 0 spiro atoms. The Morgan fingerprint density at radius 1 is 0.560 bits per heavy atom. The molecule has 0 fully saturated rings. The van der Waals surface area contributed by atoms with E-state index < -0.39 is 0 Å². The minimum absolute atomic E-state index is 1.08. The summed E-state index contributed by atoms with van der Waals surface area (Å²) in [6.45, 7) is 0. The second-order valence-electron chi connectivity index (χ2n) is 7.03. The van der Waals surface area contributed by atoms with Crippen LogP contribution in [0.4, 0.5) is 0 Å². The smallest absolute Gasteiger partial charge is 0.0260 e. The number of hydrogen-bond acceptors (Lipinski definition) is 0. The zero-order valence-corrected chi connectivity index (χ0v) is 15.6. The third-order valence-corrected chi connectivity index (χ3v) is 6.19. The van der Waals surface area contributed by atoms with Crippen LogP contribution in [0.1, 0.15) is 22.3 Å². The molecule has 0 aromatic heterocycles. The van der Waals surface area contributed by atoms with Gasteiger partial charge in [-0.3, -0.25) is 0 Å². The fourth-order valence-electron chi connectivity index (χ4n) is 4.16. The van der Waals surface area contributed by atoms with Crippen molar-refractivity contribution < 1.29 is 0 Å². The molecule has 0 saturated carbocycles. The van der Waals surface area contributed by atoms with Crippen molar-refractivity contribution >= 4 is 37.5 Å². The maximum atomic E-state index is 3.81. The molecule has 0 heterocycles. The van der Waals surface area contributed by atoms with Crippen LogP contribution in [0.15, 0.2) is 71.2 Å². The fraction of sp³-hybridized carbons (Fsp3) is 0.167. The molecule has 25 heavy (non-hydrogen) atoms. The lowest BCUT2D eigenvalue weighted by Crippen LogP contribution is -2.00. The maximum Gasteiger partial charge on any atom is 0.0260 e. The van der Waals surface area contributed by atoms with Crippen LogP contribution in [0, 0.1) is 0 Å². The van der Waals surface area contributed by atoms with Crippen molar-refractivity contribution in [3.8, 4) is 0 Å². The molecule has 4 aromatic carbocycles. The number of halogens is 1. The number of rotatable bonds is 0. The largest absolute Gasteiger partial charge is 0.0616 e. The Balaban J connectivity index is 1.83. The van der Waals surface area contributed by atoms with Gasteiger partial charge in [-0.15, -0.1) is 0 Å². The highest BCUT2D eigenvalue weighted by molar-refractivity contribution is 9.10. The van der Waals surface area contributed by atoms with E-state index in [1.807, 2.05) is 0 Å². The lowest BCUT2D eigenvalue weighted by Gasteiger charge is -2.17. The minimum Gasteiger partial charge on any atom is -0.0616 e. The number of benzene rings is 4. The quantitative estimate of drug-likeness (QED) is 0.297. The first-order valence-electron chi connectivity index (χ1n) is 8.99. The molecule has 0 atom stereocenters. The Bertz CT molecular complexity index is 1090. The van der Waals surface area contributed by atoms with Crippen molar-refractivity contribution in [2.24, 2.45) is 0 Å². The average molecular weight is 387 g/mol. The Labute approximate surface area is 156 Å². The lowest BCUT2D eigenvalue weighted by molar-refractivity contribution is 0.934. The first-order chi connectivity index (χ1) is 12.3. The molecule has 0 saturated heterocycles. The van der Waals surface area contributed by atoms with Crippen LogP contribution < -0.4 is 0 Å². The molecule has 4 aliphatic rings. The van der Waals surface area contributed by atoms with E-state index in [9.17, 15) is 0 Å². The van der Waals surface area contributed by atoms with Crippen molar-refractivity contribution in [3.63, 3.8) is 0 Å². The van der Waals surface area contributed by atoms with Crippen LogP contribution in [0.2, 0.25) is 0 Å². The highest BCUT2D eigenvalue weighted by atomic mass is 79.9. The van der Waals surface area contributed by atoms with Gasteiger partial charge in [0.15, 0.2) is 0 Å². The van der Waals surface area contributed by atoms with Crippen molar-refractivity contribution in [1.82, 2.24) is 0 Å². The lowest BCUT2D eigenvalue weighted by atomic mass is 9.89. The molecule has 0 nitrogen and oxygen atoms in total. The zero-order valence-electron chi connectivity index (χ0n) is 14.1. The summed E-state index contributed by atoms with van der Waals surface area (Å²) in [6.07, 6.45) is 4.36. The summed E-state index contributed by atoms with van der Waals surface area (Å²) in [7, 11) is 0. The minimum atomic E-state index is 1.08. The molecule has 1 heteroatoms. The molecule has 0 amide bonds. The monoisotopic (exact) mass is 386 g/mol. The summed E-state index contributed by atoms with van der Waals surface area (Å²) in [5, 5.41) is 5.54. The Hall–Kier alpha value is -2.12. The number of aryl methyl sites for hydroxylation is 4. The van der Waals surface area contributed by atoms with Crippen LogP contribution in [-0.2, 0) is 25.7 Å². The molecule has 0 N–H and O–H groups in total. The van der Waals surface area contributed by atoms with E-state index in [4.69, 9.17) is 0 Å². The average Bonchev–Trinajstić information content (AvgIpc) is 2.64. The van der Waals surface area contributed by atoms with Crippen molar-refractivity contribution in [2.45, 2.75) is 25.7 Å². The van der Waals surface area contributed by atoms with E-state index in [2.05, 4.69) is 82.7 Å². The van der Waals surface area contributed by atoms with E-state index >= 15 is 0 Å². The Kier molecular flexibility index (Phi) is 3.64. The van der Waals surface area contributed by atoms with Crippen molar-refractivity contribution in [3.05, 3.63) is 93.5 Å². The number of fused-ring (bicyclic) bond motifs is 1. The normalized spacial score (nSPS) is 14.0. The third-order valence-electron chi connectivity index (χ3n) is 5.54.